The molecule has 1 saturated heterocycles. The molecule has 24 heavy (non-hydrogen) atoms. The van der Waals surface area contributed by atoms with Crippen LogP contribution in [0.2, 0.25) is 0 Å². The fraction of sp³-hybridized carbons (Fsp3) is 0.357. The minimum absolute atomic E-state index is 0.0766. The summed E-state index contributed by atoms with van der Waals surface area (Å²) in [6.45, 7) is -0.496. The number of nitrogens with zero attached hydrogens (tertiary/aromatic N) is 3. The van der Waals surface area contributed by atoms with E-state index in [4.69, 9.17) is 15.6 Å². The topological polar surface area (TPSA) is 156 Å². The molecule has 0 unspecified atom stereocenters. The molecule has 1 aliphatic heterocycles. The SMILES string of the molecule is NC(=O)c1nc(Nc2ccccc2)nn1[C@@H]1O[C@H](CO)[C@@H](O)[C@H]1O. The third kappa shape index (κ3) is 2.95. The van der Waals surface area contributed by atoms with E-state index in [9.17, 15) is 15.0 Å². The van der Waals surface area contributed by atoms with Gasteiger partial charge in [0.15, 0.2) is 6.23 Å². The molecule has 2 heterocycles. The number of amides is 1. The van der Waals surface area contributed by atoms with E-state index in [1.54, 1.807) is 24.3 Å². The zero-order valence-electron chi connectivity index (χ0n) is 12.5. The van der Waals surface area contributed by atoms with E-state index in [-0.39, 0.29) is 11.8 Å². The zero-order valence-corrected chi connectivity index (χ0v) is 12.5. The first-order chi connectivity index (χ1) is 11.5. The molecule has 10 heteroatoms. The fourth-order valence-corrected chi connectivity index (χ4v) is 2.45. The van der Waals surface area contributed by atoms with Crippen molar-refractivity contribution in [3.63, 3.8) is 0 Å². The van der Waals surface area contributed by atoms with Gasteiger partial charge in [0.1, 0.15) is 18.3 Å². The number of benzene rings is 1. The van der Waals surface area contributed by atoms with Gasteiger partial charge in [-0.15, -0.1) is 5.10 Å². The van der Waals surface area contributed by atoms with Crippen LogP contribution in [-0.2, 0) is 4.74 Å². The van der Waals surface area contributed by atoms with Gasteiger partial charge in [-0.05, 0) is 12.1 Å². The number of nitrogens with two attached hydrogens (primary N) is 1. The Morgan fingerprint density at radius 3 is 2.58 bits per heavy atom. The van der Waals surface area contributed by atoms with Crippen LogP contribution in [0.1, 0.15) is 16.8 Å². The molecule has 0 radical (unpaired) electrons. The first kappa shape index (κ1) is 16.3. The number of para-hydroxylation sites is 1. The molecule has 1 amide bonds. The van der Waals surface area contributed by atoms with Crippen LogP contribution in [-0.4, -0.2) is 60.9 Å². The minimum Gasteiger partial charge on any atom is -0.394 e. The number of rotatable bonds is 5. The van der Waals surface area contributed by atoms with Crippen molar-refractivity contribution in [2.24, 2.45) is 5.73 Å². The summed E-state index contributed by atoms with van der Waals surface area (Å²) in [6, 6.07) is 9.00. The zero-order chi connectivity index (χ0) is 17.3. The van der Waals surface area contributed by atoms with Gasteiger partial charge in [0, 0.05) is 5.69 Å². The lowest BCUT2D eigenvalue weighted by Gasteiger charge is -2.15. The third-order valence-corrected chi connectivity index (χ3v) is 3.64. The average molecular weight is 335 g/mol. The summed E-state index contributed by atoms with van der Waals surface area (Å²) >= 11 is 0. The molecule has 3 rings (SSSR count). The van der Waals surface area contributed by atoms with Gasteiger partial charge in [0.2, 0.25) is 11.8 Å². The first-order valence-electron chi connectivity index (χ1n) is 7.22. The van der Waals surface area contributed by atoms with Crippen LogP contribution in [0, 0.1) is 0 Å². The summed E-state index contributed by atoms with van der Waals surface area (Å²) in [6.07, 6.45) is -4.92. The van der Waals surface area contributed by atoms with Crippen LogP contribution in [0.25, 0.3) is 0 Å². The van der Waals surface area contributed by atoms with Gasteiger partial charge in [-0.3, -0.25) is 4.79 Å². The van der Waals surface area contributed by atoms with Gasteiger partial charge >= 0.3 is 0 Å². The van der Waals surface area contributed by atoms with Gasteiger partial charge in [-0.25, -0.2) is 4.68 Å². The van der Waals surface area contributed by atoms with Gasteiger partial charge < -0.3 is 31.1 Å². The molecular weight excluding hydrogens is 318 g/mol. The lowest BCUT2D eigenvalue weighted by Crippen LogP contribution is -2.34. The van der Waals surface area contributed by atoms with Crippen molar-refractivity contribution in [3.05, 3.63) is 36.2 Å². The van der Waals surface area contributed by atoms with E-state index in [1.165, 1.54) is 0 Å². The predicted octanol–water partition coefficient (Wildman–Crippen LogP) is -1.27. The van der Waals surface area contributed by atoms with E-state index in [0.717, 1.165) is 4.68 Å². The van der Waals surface area contributed by atoms with Gasteiger partial charge in [0.25, 0.3) is 5.91 Å². The number of carbonyl (C=O) groups excluding carboxylic acids is 1. The molecule has 1 aromatic heterocycles. The molecule has 4 atom stereocenters. The minimum atomic E-state index is -1.40. The third-order valence-electron chi connectivity index (χ3n) is 3.64. The van der Waals surface area contributed by atoms with E-state index in [0.29, 0.717) is 5.69 Å². The largest absolute Gasteiger partial charge is 0.394 e. The van der Waals surface area contributed by atoms with Crippen molar-refractivity contribution in [1.82, 2.24) is 14.8 Å². The van der Waals surface area contributed by atoms with Crippen LogP contribution < -0.4 is 11.1 Å². The van der Waals surface area contributed by atoms with Crippen LogP contribution >= 0.6 is 0 Å². The molecule has 0 spiro atoms. The Kier molecular flexibility index (Phi) is 4.44. The van der Waals surface area contributed by atoms with Gasteiger partial charge in [0.05, 0.1) is 6.61 Å². The van der Waals surface area contributed by atoms with E-state index in [1.807, 2.05) is 6.07 Å². The lowest BCUT2D eigenvalue weighted by molar-refractivity contribution is -0.0594. The van der Waals surface area contributed by atoms with E-state index < -0.39 is 37.1 Å². The Hall–Kier alpha value is -2.53. The number of ether oxygens (including phenoxy) is 1. The van der Waals surface area contributed by atoms with Crippen LogP contribution in [0.5, 0.6) is 0 Å². The summed E-state index contributed by atoms with van der Waals surface area (Å²) in [4.78, 5) is 15.6. The van der Waals surface area contributed by atoms with Crippen molar-refractivity contribution >= 4 is 17.5 Å². The molecule has 1 aromatic carbocycles. The number of anilines is 2. The normalized spacial score (nSPS) is 26.5. The van der Waals surface area contributed by atoms with Crippen LogP contribution in [0.15, 0.2) is 30.3 Å². The number of hydrogen-bond acceptors (Lipinski definition) is 8. The average Bonchev–Trinajstić information content (AvgIpc) is 3.11. The highest BCUT2D eigenvalue weighted by Gasteiger charge is 2.45. The molecule has 0 aliphatic carbocycles. The highest BCUT2D eigenvalue weighted by atomic mass is 16.6. The molecule has 6 N–H and O–H groups in total. The second kappa shape index (κ2) is 6.53. The molecule has 0 saturated carbocycles. The number of aliphatic hydroxyl groups excluding tert-OH is 3. The maximum atomic E-state index is 11.6. The number of carbonyl (C=O) groups is 1. The first-order valence-corrected chi connectivity index (χ1v) is 7.22. The van der Waals surface area contributed by atoms with Gasteiger partial charge in [-0.1, -0.05) is 18.2 Å². The van der Waals surface area contributed by atoms with Gasteiger partial charge in [-0.2, -0.15) is 4.98 Å². The second-order valence-corrected chi connectivity index (χ2v) is 5.29. The molecule has 0 bridgehead atoms. The number of primary amides is 1. The monoisotopic (exact) mass is 335 g/mol. The number of aromatic nitrogens is 3. The molecule has 128 valence electrons. The highest BCUT2D eigenvalue weighted by Crippen LogP contribution is 2.30. The number of nitrogens with one attached hydrogen (secondary N) is 1. The van der Waals surface area contributed by atoms with Crippen molar-refractivity contribution in [1.29, 1.82) is 0 Å². The van der Waals surface area contributed by atoms with E-state index >= 15 is 0 Å². The maximum absolute atomic E-state index is 11.6. The lowest BCUT2D eigenvalue weighted by atomic mass is 10.1. The molecular formula is C14H17N5O5. The van der Waals surface area contributed by atoms with Crippen molar-refractivity contribution < 1.29 is 24.9 Å². The summed E-state index contributed by atoms with van der Waals surface area (Å²) < 4.78 is 6.35. The maximum Gasteiger partial charge on any atom is 0.286 e. The Morgan fingerprint density at radius 1 is 1.29 bits per heavy atom. The Morgan fingerprint density at radius 2 is 2.00 bits per heavy atom. The predicted molar refractivity (Wildman–Crippen MR) is 81.3 cm³/mol. The molecule has 2 aromatic rings. The second-order valence-electron chi connectivity index (χ2n) is 5.29. The molecule has 10 nitrogen and oxygen atoms in total. The quantitative estimate of drug-likeness (QED) is 0.453. The Balaban J connectivity index is 1.91. The summed E-state index contributed by atoms with van der Waals surface area (Å²) in [5, 5.41) is 36.0. The van der Waals surface area contributed by atoms with Crippen LogP contribution in [0.3, 0.4) is 0 Å². The van der Waals surface area contributed by atoms with Crippen molar-refractivity contribution in [2.45, 2.75) is 24.5 Å². The Bertz CT molecular complexity index is 722. The fourth-order valence-electron chi connectivity index (χ4n) is 2.45. The van der Waals surface area contributed by atoms with Crippen molar-refractivity contribution in [2.75, 3.05) is 11.9 Å². The molecule has 1 fully saturated rings. The summed E-state index contributed by atoms with van der Waals surface area (Å²) in [7, 11) is 0. The standard InChI is InChI=1S/C14H17N5O5/c15-11(23)12-17-14(16-7-4-2-1-3-5-7)18-19(12)13-10(22)9(21)8(6-20)24-13/h1-5,8-10,13,20-22H,6H2,(H2,15,23)(H,16,18)/t8-,9-,10-,13-/m1/s1. The Labute approximate surface area is 136 Å². The highest BCUT2D eigenvalue weighted by molar-refractivity contribution is 5.89. The molecule has 1 aliphatic rings. The van der Waals surface area contributed by atoms with E-state index in [2.05, 4.69) is 15.4 Å². The summed E-state index contributed by atoms with van der Waals surface area (Å²) in [5.41, 5.74) is 5.98. The number of hydrogen-bond donors (Lipinski definition) is 5. The number of aliphatic hydroxyl groups is 3. The van der Waals surface area contributed by atoms with Crippen LogP contribution in [0.4, 0.5) is 11.6 Å². The van der Waals surface area contributed by atoms with Crippen molar-refractivity contribution in [3.8, 4) is 0 Å². The smallest absolute Gasteiger partial charge is 0.286 e. The summed E-state index contributed by atoms with van der Waals surface area (Å²) in [5.74, 6) is -1.04.